The first-order chi connectivity index (χ1) is 14.4. The summed E-state index contributed by atoms with van der Waals surface area (Å²) in [6, 6.07) is 14.7. The van der Waals surface area contributed by atoms with Crippen LogP contribution in [0.4, 0.5) is 0 Å². The molecule has 0 aliphatic rings. The minimum Gasteiger partial charge on any atom is -0.338 e. The highest BCUT2D eigenvalue weighted by Gasteiger charge is 2.23. The Morgan fingerprint density at radius 3 is 2.23 bits per heavy atom. The molecule has 7 heteroatoms. The van der Waals surface area contributed by atoms with Gasteiger partial charge in [-0.25, -0.2) is 4.79 Å². The summed E-state index contributed by atoms with van der Waals surface area (Å²) in [7, 11) is 0. The van der Waals surface area contributed by atoms with Crippen LogP contribution >= 0.6 is 0 Å². The zero-order chi connectivity index (χ0) is 21.8. The molecule has 0 aliphatic carbocycles. The van der Waals surface area contributed by atoms with Crippen LogP contribution in [0.1, 0.15) is 41.0 Å². The highest BCUT2D eigenvalue weighted by molar-refractivity contribution is 5.91. The van der Waals surface area contributed by atoms with Crippen LogP contribution in [0.5, 0.6) is 0 Å². The quantitative estimate of drug-likeness (QED) is 0.630. The van der Waals surface area contributed by atoms with Gasteiger partial charge in [-0.15, -0.1) is 0 Å². The molecule has 2 aromatic carbocycles. The molecule has 0 spiro atoms. The monoisotopic (exact) mass is 406 g/mol. The van der Waals surface area contributed by atoms with Gasteiger partial charge >= 0.3 is 5.69 Å². The standard InChI is InChI=1S/C23H26N4O3/c1-5-25(6-2)21(28)20-22(29)26(15-18-10-8-7-9-11-18)23(30)27(24-20)19-13-12-16(3)17(4)14-19/h7-14H,5-6,15H2,1-4H3. The summed E-state index contributed by atoms with van der Waals surface area (Å²) in [5, 5.41) is 4.21. The number of aryl methyl sites for hydroxylation is 2. The SMILES string of the molecule is CCN(CC)C(=O)c1nn(-c2ccc(C)c(C)c2)c(=O)n(Cc2ccccc2)c1=O. The number of carbonyl (C=O) groups excluding carboxylic acids is 1. The van der Waals surface area contributed by atoms with E-state index in [-0.39, 0.29) is 12.2 Å². The molecular weight excluding hydrogens is 380 g/mol. The Morgan fingerprint density at radius 1 is 0.967 bits per heavy atom. The molecule has 0 bridgehead atoms. The predicted molar refractivity (Wildman–Crippen MR) is 116 cm³/mol. The van der Waals surface area contributed by atoms with Gasteiger partial charge in [-0.1, -0.05) is 36.4 Å². The molecule has 7 nitrogen and oxygen atoms in total. The van der Waals surface area contributed by atoms with Crippen molar-refractivity contribution in [1.29, 1.82) is 0 Å². The highest BCUT2D eigenvalue weighted by Crippen LogP contribution is 2.12. The Labute approximate surface area is 175 Å². The maximum absolute atomic E-state index is 13.2. The molecule has 0 saturated heterocycles. The molecule has 3 aromatic rings. The third-order valence-corrected chi connectivity index (χ3v) is 5.23. The lowest BCUT2D eigenvalue weighted by Crippen LogP contribution is -2.46. The minimum atomic E-state index is -0.680. The van der Waals surface area contributed by atoms with Crippen molar-refractivity contribution in [2.75, 3.05) is 13.1 Å². The van der Waals surface area contributed by atoms with Gasteiger partial charge in [0, 0.05) is 13.1 Å². The summed E-state index contributed by atoms with van der Waals surface area (Å²) < 4.78 is 2.22. The smallest absolute Gasteiger partial charge is 0.338 e. The Balaban J connectivity index is 2.26. The van der Waals surface area contributed by atoms with Gasteiger partial charge in [-0.2, -0.15) is 9.78 Å². The van der Waals surface area contributed by atoms with E-state index >= 15 is 0 Å². The molecule has 0 N–H and O–H groups in total. The van der Waals surface area contributed by atoms with Crippen LogP contribution in [0.15, 0.2) is 58.1 Å². The molecule has 0 radical (unpaired) electrons. The van der Waals surface area contributed by atoms with Crippen molar-refractivity contribution in [1.82, 2.24) is 19.2 Å². The second kappa shape index (κ2) is 8.90. The van der Waals surface area contributed by atoms with Crippen LogP contribution in [-0.4, -0.2) is 38.2 Å². The number of carbonyl (C=O) groups is 1. The van der Waals surface area contributed by atoms with Crippen LogP contribution in [0.2, 0.25) is 0 Å². The summed E-state index contributed by atoms with van der Waals surface area (Å²) in [6.07, 6.45) is 0. The first kappa shape index (κ1) is 21.2. The number of amides is 1. The first-order valence-electron chi connectivity index (χ1n) is 10.0. The Hall–Kier alpha value is -3.48. The summed E-state index contributed by atoms with van der Waals surface area (Å²) in [4.78, 5) is 40.8. The topological polar surface area (TPSA) is 77.2 Å². The molecule has 30 heavy (non-hydrogen) atoms. The Morgan fingerprint density at radius 2 is 1.63 bits per heavy atom. The van der Waals surface area contributed by atoms with Gasteiger partial charge in [-0.3, -0.25) is 14.2 Å². The first-order valence-corrected chi connectivity index (χ1v) is 10.0. The van der Waals surface area contributed by atoms with E-state index in [9.17, 15) is 14.4 Å². The van der Waals surface area contributed by atoms with E-state index in [1.165, 1.54) is 4.90 Å². The highest BCUT2D eigenvalue weighted by atomic mass is 16.2. The van der Waals surface area contributed by atoms with Crippen molar-refractivity contribution in [3.8, 4) is 5.69 Å². The zero-order valence-corrected chi connectivity index (χ0v) is 17.8. The molecule has 1 heterocycles. The second-order valence-corrected chi connectivity index (χ2v) is 7.17. The fraction of sp³-hybridized carbons (Fsp3) is 0.304. The van der Waals surface area contributed by atoms with Gasteiger partial charge in [0.05, 0.1) is 12.2 Å². The van der Waals surface area contributed by atoms with E-state index in [0.29, 0.717) is 18.8 Å². The third-order valence-electron chi connectivity index (χ3n) is 5.23. The predicted octanol–water partition coefficient (Wildman–Crippen LogP) is 2.54. The molecule has 1 aromatic heterocycles. The average molecular weight is 406 g/mol. The number of benzene rings is 2. The third kappa shape index (κ3) is 4.10. The van der Waals surface area contributed by atoms with Crippen LogP contribution in [0, 0.1) is 13.8 Å². The average Bonchev–Trinajstić information content (AvgIpc) is 2.75. The zero-order valence-electron chi connectivity index (χ0n) is 17.8. The van der Waals surface area contributed by atoms with Gasteiger partial charge in [0.2, 0.25) is 5.69 Å². The molecule has 1 amide bonds. The van der Waals surface area contributed by atoms with E-state index in [2.05, 4.69) is 5.10 Å². The Kier molecular flexibility index (Phi) is 6.30. The Bertz CT molecular complexity index is 1180. The molecule has 0 saturated carbocycles. The van der Waals surface area contributed by atoms with Crippen molar-refractivity contribution in [2.45, 2.75) is 34.2 Å². The van der Waals surface area contributed by atoms with Gasteiger partial charge in [-0.05, 0) is 56.5 Å². The van der Waals surface area contributed by atoms with Crippen molar-refractivity contribution >= 4 is 5.91 Å². The van der Waals surface area contributed by atoms with E-state index in [1.54, 1.807) is 6.07 Å². The van der Waals surface area contributed by atoms with E-state index in [4.69, 9.17) is 0 Å². The van der Waals surface area contributed by atoms with Crippen molar-refractivity contribution in [3.05, 3.63) is 91.8 Å². The normalized spacial score (nSPS) is 10.8. The number of hydrogen-bond acceptors (Lipinski definition) is 4. The van der Waals surface area contributed by atoms with Gasteiger partial charge in [0.15, 0.2) is 0 Å². The fourth-order valence-corrected chi connectivity index (χ4v) is 3.24. The van der Waals surface area contributed by atoms with Crippen molar-refractivity contribution < 1.29 is 4.79 Å². The number of hydrogen-bond donors (Lipinski definition) is 0. The summed E-state index contributed by atoms with van der Waals surface area (Å²) in [6.45, 7) is 8.53. The molecule has 156 valence electrons. The van der Waals surface area contributed by atoms with Crippen LogP contribution in [-0.2, 0) is 6.54 Å². The number of rotatable bonds is 6. The van der Waals surface area contributed by atoms with Gasteiger partial charge in [0.25, 0.3) is 11.5 Å². The largest absolute Gasteiger partial charge is 0.352 e. The number of aromatic nitrogens is 3. The van der Waals surface area contributed by atoms with E-state index < -0.39 is 17.2 Å². The van der Waals surface area contributed by atoms with Crippen LogP contribution in [0.3, 0.4) is 0 Å². The molecule has 0 atom stereocenters. The molecule has 0 unspecified atom stereocenters. The van der Waals surface area contributed by atoms with Crippen LogP contribution in [0.25, 0.3) is 5.69 Å². The van der Waals surface area contributed by atoms with Crippen LogP contribution < -0.4 is 11.2 Å². The van der Waals surface area contributed by atoms with Gasteiger partial charge < -0.3 is 4.90 Å². The summed E-state index contributed by atoms with van der Waals surface area (Å²) in [5.74, 6) is -0.482. The lowest BCUT2D eigenvalue weighted by Gasteiger charge is -2.19. The van der Waals surface area contributed by atoms with Gasteiger partial charge in [0.1, 0.15) is 0 Å². The lowest BCUT2D eigenvalue weighted by atomic mass is 10.1. The van der Waals surface area contributed by atoms with E-state index in [1.807, 2.05) is 70.2 Å². The van der Waals surface area contributed by atoms with Crippen molar-refractivity contribution in [3.63, 3.8) is 0 Å². The maximum Gasteiger partial charge on any atom is 0.352 e. The van der Waals surface area contributed by atoms with Crippen molar-refractivity contribution in [2.24, 2.45) is 0 Å². The fourth-order valence-electron chi connectivity index (χ4n) is 3.24. The lowest BCUT2D eigenvalue weighted by molar-refractivity contribution is 0.0761. The minimum absolute atomic E-state index is 0.0599. The van der Waals surface area contributed by atoms with E-state index in [0.717, 1.165) is 25.9 Å². The molecule has 3 rings (SSSR count). The summed E-state index contributed by atoms with van der Waals surface area (Å²) in [5.41, 5.74) is 1.84. The second-order valence-electron chi connectivity index (χ2n) is 7.17. The molecular formula is C23H26N4O3. The summed E-state index contributed by atoms with van der Waals surface area (Å²) >= 11 is 0. The number of nitrogens with zero attached hydrogens (tertiary/aromatic N) is 4. The maximum atomic E-state index is 13.2. The molecule has 0 aliphatic heterocycles. The molecule has 0 fully saturated rings.